The van der Waals surface area contributed by atoms with Crippen LogP contribution in [0.2, 0.25) is 10.0 Å². The summed E-state index contributed by atoms with van der Waals surface area (Å²) in [5, 5.41) is 7.33. The summed E-state index contributed by atoms with van der Waals surface area (Å²) in [7, 11) is 0. The molecule has 34 heavy (non-hydrogen) atoms. The third kappa shape index (κ3) is 5.25. The Morgan fingerprint density at radius 1 is 0.882 bits per heavy atom. The minimum atomic E-state index is 0.450. The monoisotopic (exact) mass is 492 g/mol. The third-order valence-corrected chi connectivity index (χ3v) is 6.59. The molecule has 6 heteroatoms. The van der Waals surface area contributed by atoms with Crippen molar-refractivity contribution in [2.24, 2.45) is 0 Å². The van der Waals surface area contributed by atoms with Crippen molar-refractivity contribution >= 4 is 45.3 Å². The van der Waals surface area contributed by atoms with Crippen LogP contribution in [0.5, 0.6) is 5.75 Å². The van der Waals surface area contributed by atoms with E-state index >= 15 is 0 Å². The lowest BCUT2D eigenvalue weighted by Gasteiger charge is -2.29. The summed E-state index contributed by atoms with van der Waals surface area (Å²) in [6.45, 7) is 4.24. The Morgan fingerprint density at radius 3 is 2.56 bits per heavy atom. The fourth-order valence-electron chi connectivity index (χ4n) is 4.29. The molecule has 0 bridgehead atoms. The highest BCUT2D eigenvalue weighted by molar-refractivity contribution is 6.33. The molecule has 1 aliphatic rings. The SMILES string of the molecule is Clc1cccc(COc2ccc3ccccc3c2CNc2ccc(N3CCOCC3)c(Cl)c2)c1. The van der Waals surface area contributed by atoms with Gasteiger partial charge in [-0.15, -0.1) is 0 Å². The Bertz CT molecular complexity index is 1290. The van der Waals surface area contributed by atoms with Gasteiger partial charge in [-0.05, 0) is 52.7 Å². The van der Waals surface area contributed by atoms with Gasteiger partial charge in [0.05, 0.1) is 23.9 Å². The molecule has 174 valence electrons. The molecule has 4 aromatic rings. The van der Waals surface area contributed by atoms with E-state index in [2.05, 4.69) is 52.7 Å². The largest absolute Gasteiger partial charge is 0.489 e. The van der Waals surface area contributed by atoms with Crippen molar-refractivity contribution in [2.75, 3.05) is 36.5 Å². The maximum Gasteiger partial charge on any atom is 0.125 e. The van der Waals surface area contributed by atoms with Crippen LogP contribution < -0.4 is 15.0 Å². The van der Waals surface area contributed by atoms with E-state index in [1.165, 1.54) is 5.39 Å². The Labute approximate surface area is 210 Å². The average Bonchev–Trinajstić information content (AvgIpc) is 2.87. The normalized spacial score (nSPS) is 13.8. The molecule has 0 atom stereocenters. The van der Waals surface area contributed by atoms with Crippen molar-refractivity contribution in [3.05, 3.63) is 100 Å². The maximum absolute atomic E-state index is 6.64. The molecular formula is C28H26Cl2N2O2. The highest BCUT2D eigenvalue weighted by Gasteiger charge is 2.15. The number of nitrogens with one attached hydrogen (secondary N) is 1. The standard InChI is InChI=1S/C28H26Cl2N2O2/c29-22-6-3-4-20(16-22)19-34-28-11-8-21-5-1-2-7-24(21)25(28)18-31-23-9-10-27(26(30)17-23)32-12-14-33-15-13-32/h1-11,16-17,31H,12-15,18-19H2. The summed E-state index contributed by atoms with van der Waals surface area (Å²) >= 11 is 12.8. The van der Waals surface area contributed by atoms with Crippen LogP contribution in [0, 0.1) is 0 Å². The van der Waals surface area contributed by atoms with Crippen LogP contribution in [0.3, 0.4) is 0 Å². The van der Waals surface area contributed by atoms with E-state index in [0.717, 1.165) is 65.0 Å². The summed E-state index contributed by atoms with van der Waals surface area (Å²) in [5.41, 5.74) is 4.15. The highest BCUT2D eigenvalue weighted by Crippen LogP contribution is 2.32. The van der Waals surface area contributed by atoms with Gasteiger partial charge in [0, 0.05) is 35.9 Å². The van der Waals surface area contributed by atoms with Gasteiger partial charge >= 0.3 is 0 Å². The van der Waals surface area contributed by atoms with Crippen molar-refractivity contribution in [2.45, 2.75) is 13.2 Å². The van der Waals surface area contributed by atoms with Gasteiger partial charge in [0.15, 0.2) is 0 Å². The van der Waals surface area contributed by atoms with Crippen LogP contribution in [0.25, 0.3) is 10.8 Å². The molecule has 0 radical (unpaired) electrons. The second-order valence-electron chi connectivity index (χ2n) is 8.30. The van der Waals surface area contributed by atoms with Crippen LogP contribution in [-0.4, -0.2) is 26.3 Å². The molecule has 4 nitrogen and oxygen atoms in total. The number of hydrogen-bond acceptors (Lipinski definition) is 4. The van der Waals surface area contributed by atoms with Gasteiger partial charge in [0.1, 0.15) is 12.4 Å². The second-order valence-corrected chi connectivity index (χ2v) is 9.14. The number of hydrogen-bond donors (Lipinski definition) is 1. The average molecular weight is 493 g/mol. The molecule has 1 heterocycles. The van der Waals surface area contributed by atoms with Gasteiger partial charge in [0.2, 0.25) is 0 Å². The first-order chi connectivity index (χ1) is 16.7. The Hall–Kier alpha value is -2.92. The van der Waals surface area contributed by atoms with E-state index in [1.54, 1.807) is 0 Å². The lowest BCUT2D eigenvalue weighted by molar-refractivity contribution is 0.122. The quantitative estimate of drug-likeness (QED) is 0.296. The number of fused-ring (bicyclic) bond motifs is 1. The van der Waals surface area contributed by atoms with Crippen molar-refractivity contribution < 1.29 is 9.47 Å². The van der Waals surface area contributed by atoms with Gasteiger partial charge in [-0.1, -0.05) is 65.7 Å². The van der Waals surface area contributed by atoms with Gasteiger partial charge in [0.25, 0.3) is 0 Å². The van der Waals surface area contributed by atoms with Crippen LogP contribution in [0.4, 0.5) is 11.4 Å². The Morgan fingerprint density at radius 2 is 1.74 bits per heavy atom. The van der Waals surface area contributed by atoms with E-state index in [0.29, 0.717) is 18.2 Å². The van der Waals surface area contributed by atoms with E-state index < -0.39 is 0 Å². The molecule has 1 fully saturated rings. The van der Waals surface area contributed by atoms with E-state index in [1.807, 2.05) is 36.4 Å². The van der Waals surface area contributed by atoms with E-state index in [4.69, 9.17) is 32.7 Å². The minimum absolute atomic E-state index is 0.450. The van der Waals surface area contributed by atoms with Crippen molar-refractivity contribution in [3.63, 3.8) is 0 Å². The van der Waals surface area contributed by atoms with Crippen molar-refractivity contribution in [1.82, 2.24) is 0 Å². The number of nitrogens with zero attached hydrogens (tertiary/aromatic N) is 1. The zero-order valence-corrected chi connectivity index (χ0v) is 20.3. The third-order valence-electron chi connectivity index (χ3n) is 6.05. The molecule has 5 rings (SSSR count). The van der Waals surface area contributed by atoms with E-state index in [-0.39, 0.29) is 0 Å². The van der Waals surface area contributed by atoms with Crippen molar-refractivity contribution in [3.8, 4) is 5.75 Å². The van der Waals surface area contributed by atoms with Crippen LogP contribution in [0.1, 0.15) is 11.1 Å². The predicted molar refractivity (Wildman–Crippen MR) is 142 cm³/mol. The predicted octanol–water partition coefficient (Wildman–Crippen LogP) is 7.17. The van der Waals surface area contributed by atoms with E-state index in [9.17, 15) is 0 Å². The molecule has 4 aromatic carbocycles. The van der Waals surface area contributed by atoms with Crippen molar-refractivity contribution in [1.29, 1.82) is 0 Å². The van der Waals surface area contributed by atoms with Crippen LogP contribution >= 0.6 is 23.2 Å². The smallest absolute Gasteiger partial charge is 0.125 e. The number of benzene rings is 4. The molecule has 0 aromatic heterocycles. The van der Waals surface area contributed by atoms with Gasteiger partial charge < -0.3 is 19.7 Å². The fourth-order valence-corrected chi connectivity index (χ4v) is 4.80. The summed E-state index contributed by atoms with van der Waals surface area (Å²) in [6, 6.07) is 26.4. The van der Waals surface area contributed by atoms with Crippen LogP contribution in [0.15, 0.2) is 78.9 Å². The molecule has 1 aliphatic heterocycles. The Kier molecular flexibility index (Phi) is 7.10. The molecule has 0 aliphatic carbocycles. The number of anilines is 2. The lowest BCUT2D eigenvalue weighted by atomic mass is 10.0. The van der Waals surface area contributed by atoms with Gasteiger partial charge in [-0.2, -0.15) is 0 Å². The Balaban J connectivity index is 1.37. The first-order valence-electron chi connectivity index (χ1n) is 11.4. The minimum Gasteiger partial charge on any atom is -0.489 e. The second kappa shape index (κ2) is 10.6. The topological polar surface area (TPSA) is 33.7 Å². The van der Waals surface area contributed by atoms with Gasteiger partial charge in [-0.25, -0.2) is 0 Å². The molecule has 0 spiro atoms. The first-order valence-corrected chi connectivity index (χ1v) is 12.2. The zero-order chi connectivity index (χ0) is 23.3. The molecule has 1 N–H and O–H groups in total. The zero-order valence-electron chi connectivity index (χ0n) is 18.8. The summed E-state index contributed by atoms with van der Waals surface area (Å²) in [4.78, 5) is 2.27. The molecule has 1 saturated heterocycles. The number of morpholine rings is 1. The summed E-state index contributed by atoms with van der Waals surface area (Å²) in [6.07, 6.45) is 0. The number of halogens is 2. The molecule has 0 saturated carbocycles. The molecule has 0 amide bonds. The molecule has 0 unspecified atom stereocenters. The molecular weight excluding hydrogens is 467 g/mol. The number of ether oxygens (including phenoxy) is 2. The van der Waals surface area contributed by atoms with Crippen LogP contribution in [-0.2, 0) is 17.9 Å². The highest BCUT2D eigenvalue weighted by atomic mass is 35.5. The summed E-state index contributed by atoms with van der Waals surface area (Å²) in [5.74, 6) is 0.849. The fraction of sp³-hybridized carbons (Fsp3) is 0.214. The first kappa shape index (κ1) is 22.9. The summed E-state index contributed by atoms with van der Waals surface area (Å²) < 4.78 is 11.7. The number of rotatable bonds is 7. The lowest BCUT2D eigenvalue weighted by Crippen LogP contribution is -2.36. The maximum atomic E-state index is 6.64. The van der Waals surface area contributed by atoms with Gasteiger partial charge in [-0.3, -0.25) is 0 Å².